The van der Waals surface area contributed by atoms with Crippen molar-refractivity contribution >= 4 is 17.7 Å². The van der Waals surface area contributed by atoms with Gasteiger partial charge in [-0.2, -0.15) is 0 Å². The number of carbonyl (C=O) groups excluding carboxylic acids is 3. The van der Waals surface area contributed by atoms with Gasteiger partial charge in [0.1, 0.15) is 11.8 Å². The summed E-state index contributed by atoms with van der Waals surface area (Å²) < 4.78 is 5.26. The molecule has 0 saturated carbocycles. The van der Waals surface area contributed by atoms with E-state index in [0.717, 1.165) is 10.5 Å². The number of likely N-dealkylation sites (tertiary alicyclic amines) is 1. The maximum atomic E-state index is 12.5. The zero-order chi connectivity index (χ0) is 18.0. The minimum Gasteiger partial charge on any atom is -0.496 e. The third kappa shape index (κ3) is 3.16. The summed E-state index contributed by atoms with van der Waals surface area (Å²) in [5, 5.41) is 2.79. The molecule has 3 amide bonds. The van der Waals surface area contributed by atoms with Gasteiger partial charge in [0.25, 0.3) is 0 Å². The lowest BCUT2D eigenvalue weighted by molar-refractivity contribution is -0.147. The number of carbonyl (C=O) groups is 3. The highest BCUT2D eigenvalue weighted by atomic mass is 16.5. The molecule has 0 unspecified atom stereocenters. The number of benzene rings is 1. The predicted octanol–water partition coefficient (Wildman–Crippen LogP) is 1.65. The van der Waals surface area contributed by atoms with Gasteiger partial charge in [0.2, 0.25) is 17.7 Å². The molecule has 1 aliphatic carbocycles. The lowest BCUT2D eigenvalue weighted by atomic mass is 9.85. The molecule has 0 radical (unpaired) electrons. The van der Waals surface area contributed by atoms with E-state index in [2.05, 4.69) is 5.32 Å². The number of hydrogen-bond acceptors (Lipinski definition) is 4. The van der Waals surface area contributed by atoms with Crippen molar-refractivity contribution in [1.82, 2.24) is 10.2 Å². The molecule has 1 aliphatic heterocycles. The molecule has 0 aromatic heterocycles. The van der Waals surface area contributed by atoms with Crippen molar-refractivity contribution in [2.75, 3.05) is 7.11 Å². The molecule has 3 atom stereocenters. The maximum Gasteiger partial charge on any atom is 0.243 e. The number of methoxy groups -OCH3 is 1. The highest BCUT2D eigenvalue weighted by Crippen LogP contribution is 2.36. The molecule has 25 heavy (non-hydrogen) atoms. The maximum absolute atomic E-state index is 12.5. The van der Waals surface area contributed by atoms with Crippen molar-refractivity contribution in [2.24, 2.45) is 11.8 Å². The van der Waals surface area contributed by atoms with Crippen molar-refractivity contribution < 1.29 is 19.1 Å². The van der Waals surface area contributed by atoms with Crippen LogP contribution in [0.3, 0.4) is 0 Å². The molecule has 0 spiro atoms. The summed E-state index contributed by atoms with van der Waals surface area (Å²) in [4.78, 5) is 38.7. The Morgan fingerprint density at radius 3 is 2.40 bits per heavy atom. The Bertz CT molecular complexity index is 702. The van der Waals surface area contributed by atoms with E-state index in [1.807, 2.05) is 36.4 Å². The Labute approximate surface area is 146 Å². The molecule has 1 aromatic carbocycles. The molecule has 6 nitrogen and oxygen atoms in total. The fourth-order valence-corrected chi connectivity index (χ4v) is 3.50. The first-order valence-electron chi connectivity index (χ1n) is 8.46. The van der Waals surface area contributed by atoms with E-state index < -0.39 is 6.04 Å². The van der Waals surface area contributed by atoms with Crippen LogP contribution in [0.1, 0.15) is 25.3 Å². The fraction of sp³-hybridized carbons (Fsp3) is 0.421. The number of ether oxygens (including phenoxy) is 1. The van der Waals surface area contributed by atoms with Gasteiger partial charge in [0.15, 0.2) is 0 Å². The van der Waals surface area contributed by atoms with Crippen molar-refractivity contribution in [2.45, 2.75) is 32.4 Å². The van der Waals surface area contributed by atoms with Gasteiger partial charge in [-0.05, 0) is 25.8 Å². The molecular weight excluding hydrogens is 320 g/mol. The van der Waals surface area contributed by atoms with Crippen LogP contribution in [0.2, 0.25) is 0 Å². The largest absolute Gasteiger partial charge is 0.496 e. The number of rotatable bonds is 5. The summed E-state index contributed by atoms with van der Waals surface area (Å²) in [6.45, 7) is 1.87. The lowest BCUT2D eigenvalue weighted by Crippen LogP contribution is -2.48. The average Bonchev–Trinajstić information content (AvgIpc) is 2.90. The number of allylic oxidation sites excluding steroid dienone is 2. The van der Waals surface area contributed by atoms with Gasteiger partial charge in [-0.15, -0.1) is 0 Å². The predicted molar refractivity (Wildman–Crippen MR) is 91.5 cm³/mol. The molecule has 0 bridgehead atoms. The second-order valence-corrected chi connectivity index (χ2v) is 6.41. The Morgan fingerprint density at radius 1 is 1.20 bits per heavy atom. The first-order chi connectivity index (χ1) is 12.0. The van der Waals surface area contributed by atoms with Crippen LogP contribution in [0.5, 0.6) is 5.75 Å². The molecule has 1 aromatic rings. The summed E-state index contributed by atoms with van der Waals surface area (Å²) >= 11 is 0. The number of imide groups is 1. The van der Waals surface area contributed by atoms with E-state index in [0.29, 0.717) is 18.6 Å². The van der Waals surface area contributed by atoms with Crippen LogP contribution >= 0.6 is 0 Å². The second kappa shape index (κ2) is 7.09. The minimum absolute atomic E-state index is 0.237. The van der Waals surface area contributed by atoms with Crippen LogP contribution in [0.25, 0.3) is 0 Å². The first-order valence-corrected chi connectivity index (χ1v) is 8.46. The molecule has 2 aliphatic rings. The molecule has 1 fully saturated rings. The molecule has 6 heteroatoms. The van der Waals surface area contributed by atoms with Crippen LogP contribution in [0, 0.1) is 11.8 Å². The van der Waals surface area contributed by atoms with Gasteiger partial charge >= 0.3 is 0 Å². The van der Waals surface area contributed by atoms with Crippen LogP contribution in [-0.2, 0) is 20.9 Å². The van der Waals surface area contributed by atoms with Crippen LogP contribution < -0.4 is 10.1 Å². The van der Waals surface area contributed by atoms with Gasteiger partial charge in [-0.1, -0.05) is 30.4 Å². The number of amides is 3. The molecule has 1 heterocycles. The number of fused-ring (bicyclic) bond motifs is 1. The van der Waals surface area contributed by atoms with Crippen molar-refractivity contribution in [1.29, 1.82) is 0 Å². The smallest absolute Gasteiger partial charge is 0.243 e. The summed E-state index contributed by atoms with van der Waals surface area (Å²) in [6.07, 6.45) is 5.01. The number of nitrogens with one attached hydrogen (secondary N) is 1. The second-order valence-electron chi connectivity index (χ2n) is 6.41. The van der Waals surface area contributed by atoms with Gasteiger partial charge < -0.3 is 10.1 Å². The molecular formula is C19H22N2O4. The molecule has 3 rings (SSSR count). The highest BCUT2D eigenvalue weighted by Gasteiger charge is 2.50. The van der Waals surface area contributed by atoms with Gasteiger partial charge in [-0.3, -0.25) is 19.3 Å². The van der Waals surface area contributed by atoms with E-state index >= 15 is 0 Å². The number of para-hydroxylation sites is 1. The molecule has 1 saturated heterocycles. The van der Waals surface area contributed by atoms with Gasteiger partial charge in [0.05, 0.1) is 18.9 Å². The first kappa shape index (κ1) is 17.2. The summed E-state index contributed by atoms with van der Waals surface area (Å²) in [5.41, 5.74) is 0.836. The zero-order valence-electron chi connectivity index (χ0n) is 14.4. The van der Waals surface area contributed by atoms with Gasteiger partial charge in [0, 0.05) is 12.1 Å². The highest BCUT2D eigenvalue weighted by molar-refractivity contribution is 6.08. The zero-order valence-corrected chi connectivity index (χ0v) is 14.4. The quantitative estimate of drug-likeness (QED) is 0.652. The van der Waals surface area contributed by atoms with E-state index in [1.54, 1.807) is 14.0 Å². The third-order valence-corrected chi connectivity index (χ3v) is 4.95. The van der Waals surface area contributed by atoms with E-state index in [-0.39, 0.29) is 36.1 Å². The molecule has 1 N–H and O–H groups in total. The topological polar surface area (TPSA) is 75.7 Å². The van der Waals surface area contributed by atoms with Crippen molar-refractivity contribution in [3.63, 3.8) is 0 Å². The van der Waals surface area contributed by atoms with Crippen LogP contribution in [0.4, 0.5) is 0 Å². The average molecular weight is 342 g/mol. The monoisotopic (exact) mass is 342 g/mol. The van der Waals surface area contributed by atoms with E-state index in [4.69, 9.17) is 4.74 Å². The fourth-order valence-electron chi connectivity index (χ4n) is 3.50. The minimum atomic E-state index is -0.819. The SMILES string of the molecule is COc1ccccc1CNC(=O)[C@@H](C)N1C(=O)[C@H]2CC=CC[C@H]2C1=O. The Kier molecular flexibility index (Phi) is 4.88. The third-order valence-electron chi connectivity index (χ3n) is 4.95. The summed E-state index contributed by atoms with van der Waals surface area (Å²) in [6, 6.07) is 6.56. The van der Waals surface area contributed by atoms with Crippen LogP contribution in [-0.4, -0.2) is 35.8 Å². The van der Waals surface area contributed by atoms with Crippen molar-refractivity contribution in [3.8, 4) is 5.75 Å². The van der Waals surface area contributed by atoms with E-state index in [9.17, 15) is 14.4 Å². The van der Waals surface area contributed by atoms with Crippen LogP contribution in [0.15, 0.2) is 36.4 Å². The Hall–Kier alpha value is -2.63. The van der Waals surface area contributed by atoms with Crippen molar-refractivity contribution in [3.05, 3.63) is 42.0 Å². The Balaban J connectivity index is 1.66. The van der Waals surface area contributed by atoms with E-state index in [1.165, 1.54) is 0 Å². The number of nitrogens with zero attached hydrogens (tertiary/aromatic N) is 1. The number of hydrogen-bond donors (Lipinski definition) is 1. The standard InChI is InChI=1S/C19H22N2O4/c1-12(17(22)20-11-13-7-3-6-10-16(13)25-2)21-18(23)14-8-4-5-9-15(14)19(21)24/h3-7,10,12,14-15H,8-9,11H2,1-2H3,(H,20,22)/t12-,14-,15+/m1/s1. The lowest BCUT2D eigenvalue weighted by Gasteiger charge is -2.22. The van der Waals surface area contributed by atoms with Gasteiger partial charge in [-0.25, -0.2) is 0 Å². The Morgan fingerprint density at radius 2 is 1.80 bits per heavy atom. The summed E-state index contributed by atoms with van der Waals surface area (Å²) in [5.74, 6) is -0.775. The summed E-state index contributed by atoms with van der Waals surface area (Å²) in [7, 11) is 1.57. The normalized spacial score (nSPS) is 23.4. The molecule has 132 valence electrons.